The van der Waals surface area contributed by atoms with Gasteiger partial charge in [0.05, 0.1) is 5.69 Å². The van der Waals surface area contributed by atoms with Gasteiger partial charge in [0.25, 0.3) is 0 Å². The third kappa shape index (κ3) is 1.38. The minimum absolute atomic E-state index is 0.566. The van der Waals surface area contributed by atoms with Crippen LogP contribution in [0.5, 0.6) is 0 Å². The summed E-state index contributed by atoms with van der Waals surface area (Å²) in [5, 5.41) is 0. The maximum Gasteiger partial charge on any atom is 0.171 e. The Bertz CT molecular complexity index is 276. The number of hydrogen-bond acceptors (Lipinski definition) is 2. The highest BCUT2D eigenvalue weighted by Crippen LogP contribution is 2.39. The molecule has 0 atom stereocenters. The average Bonchev–Trinajstić information content (AvgIpc) is 2.58. The molecule has 1 aromatic heterocycles. The molecular weight excluding hydrogens is 218 g/mol. The summed E-state index contributed by atoms with van der Waals surface area (Å²) in [4.78, 5) is 0. The fourth-order valence-electron chi connectivity index (χ4n) is 1.89. The predicted octanol–water partition coefficient (Wildman–Crippen LogP) is 3.28. The van der Waals surface area contributed by atoms with Crippen molar-refractivity contribution in [2.24, 2.45) is 0 Å². The molecule has 2 N–H and O–H groups in total. The molecule has 0 amide bonds. The summed E-state index contributed by atoms with van der Waals surface area (Å²) >= 11 is 3.28. The van der Waals surface area contributed by atoms with E-state index in [2.05, 4.69) is 15.9 Å². The molecule has 0 unspecified atom stereocenters. The Morgan fingerprint density at radius 2 is 2.08 bits per heavy atom. The van der Waals surface area contributed by atoms with Crippen LogP contribution < -0.4 is 5.73 Å². The maximum atomic E-state index is 5.80. The summed E-state index contributed by atoms with van der Waals surface area (Å²) in [6.07, 6.45) is 5.07. The third-order valence-corrected chi connectivity index (χ3v) is 2.88. The van der Waals surface area contributed by atoms with Crippen LogP contribution in [-0.4, -0.2) is 0 Å². The molecule has 0 radical (unpaired) electrons. The Balaban J connectivity index is 2.25. The van der Waals surface area contributed by atoms with Gasteiger partial charge in [-0.1, -0.05) is 12.8 Å². The summed E-state index contributed by atoms with van der Waals surface area (Å²) in [5.41, 5.74) is 6.60. The Morgan fingerprint density at radius 1 is 1.42 bits per heavy atom. The van der Waals surface area contributed by atoms with E-state index in [1.54, 1.807) is 0 Å². The highest BCUT2D eigenvalue weighted by molar-refractivity contribution is 9.10. The summed E-state index contributed by atoms with van der Waals surface area (Å²) in [7, 11) is 0. The van der Waals surface area contributed by atoms with Crippen molar-refractivity contribution < 1.29 is 4.42 Å². The van der Waals surface area contributed by atoms with Gasteiger partial charge >= 0.3 is 0 Å². The van der Waals surface area contributed by atoms with E-state index in [1.165, 1.54) is 25.7 Å². The van der Waals surface area contributed by atoms with Crippen molar-refractivity contribution >= 4 is 21.6 Å². The lowest BCUT2D eigenvalue weighted by Crippen LogP contribution is -1.94. The van der Waals surface area contributed by atoms with Crippen molar-refractivity contribution in [3.8, 4) is 0 Å². The second-order valence-electron chi connectivity index (χ2n) is 3.35. The molecule has 2 rings (SSSR count). The second-order valence-corrected chi connectivity index (χ2v) is 4.13. The molecular formula is C9H12BrNO. The Morgan fingerprint density at radius 3 is 2.58 bits per heavy atom. The molecule has 0 aromatic carbocycles. The zero-order chi connectivity index (χ0) is 8.55. The van der Waals surface area contributed by atoms with Gasteiger partial charge in [0, 0.05) is 12.0 Å². The molecule has 66 valence electrons. The van der Waals surface area contributed by atoms with Gasteiger partial charge < -0.3 is 10.2 Å². The third-order valence-electron chi connectivity index (χ3n) is 2.49. The summed E-state index contributed by atoms with van der Waals surface area (Å²) in [6, 6.07) is 1.84. The van der Waals surface area contributed by atoms with Crippen molar-refractivity contribution in [3.63, 3.8) is 0 Å². The summed E-state index contributed by atoms with van der Waals surface area (Å²) in [5.74, 6) is 1.55. The minimum Gasteiger partial charge on any atom is -0.452 e. The fourth-order valence-corrected chi connectivity index (χ4v) is 2.31. The zero-order valence-electron chi connectivity index (χ0n) is 6.85. The second kappa shape index (κ2) is 3.13. The predicted molar refractivity (Wildman–Crippen MR) is 52.0 cm³/mol. The van der Waals surface area contributed by atoms with E-state index in [4.69, 9.17) is 10.2 Å². The fraction of sp³-hybridized carbons (Fsp3) is 0.556. The molecule has 2 nitrogen and oxygen atoms in total. The molecule has 0 saturated heterocycles. The van der Waals surface area contributed by atoms with Crippen molar-refractivity contribution in [1.29, 1.82) is 0 Å². The van der Waals surface area contributed by atoms with E-state index in [1.807, 2.05) is 6.07 Å². The van der Waals surface area contributed by atoms with E-state index in [0.717, 1.165) is 16.1 Å². The Hall–Kier alpha value is -0.440. The monoisotopic (exact) mass is 229 g/mol. The number of furan rings is 1. The van der Waals surface area contributed by atoms with Crippen LogP contribution in [0, 0.1) is 0 Å². The molecule has 1 fully saturated rings. The van der Waals surface area contributed by atoms with Gasteiger partial charge in [-0.15, -0.1) is 0 Å². The quantitative estimate of drug-likeness (QED) is 0.803. The highest BCUT2D eigenvalue weighted by Gasteiger charge is 2.22. The number of rotatable bonds is 1. The normalized spacial score (nSPS) is 18.8. The van der Waals surface area contributed by atoms with Gasteiger partial charge in [-0.25, -0.2) is 0 Å². The van der Waals surface area contributed by atoms with Crippen molar-refractivity contribution in [1.82, 2.24) is 0 Å². The first-order valence-corrected chi connectivity index (χ1v) is 5.11. The largest absolute Gasteiger partial charge is 0.452 e. The van der Waals surface area contributed by atoms with Gasteiger partial charge in [0.1, 0.15) is 5.76 Å². The van der Waals surface area contributed by atoms with Crippen LogP contribution >= 0.6 is 15.9 Å². The van der Waals surface area contributed by atoms with Crippen LogP contribution in [0.2, 0.25) is 0 Å². The lowest BCUT2D eigenvalue weighted by Gasteiger charge is -2.04. The minimum atomic E-state index is 0.566. The van der Waals surface area contributed by atoms with Gasteiger partial charge in [-0.2, -0.15) is 0 Å². The zero-order valence-corrected chi connectivity index (χ0v) is 8.43. The van der Waals surface area contributed by atoms with E-state index in [0.29, 0.717) is 5.92 Å². The van der Waals surface area contributed by atoms with E-state index >= 15 is 0 Å². The first kappa shape index (κ1) is 8.17. The maximum absolute atomic E-state index is 5.80. The van der Waals surface area contributed by atoms with E-state index in [9.17, 15) is 0 Å². The first-order valence-electron chi connectivity index (χ1n) is 4.32. The molecule has 1 aliphatic rings. The van der Waals surface area contributed by atoms with Gasteiger partial charge in [-0.05, 0) is 28.8 Å². The molecule has 0 aliphatic heterocycles. The molecule has 1 aromatic rings. The number of anilines is 1. The standard InChI is InChI=1S/C9H12BrNO/c10-8-5-7(11)9(12-8)6-3-1-2-4-6/h5-6H,1-4,11H2. The number of hydrogen-bond donors (Lipinski definition) is 1. The van der Waals surface area contributed by atoms with Gasteiger partial charge in [0.2, 0.25) is 0 Å². The molecule has 3 heteroatoms. The lowest BCUT2D eigenvalue weighted by molar-refractivity contribution is 0.450. The van der Waals surface area contributed by atoms with Crippen LogP contribution in [-0.2, 0) is 0 Å². The topological polar surface area (TPSA) is 39.2 Å². The SMILES string of the molecule is Nc1cc(Br)oc1C1CCCC1. The Labute approximate surface area is 80.3 Å². The number of nitrogen functional groups attached to an aromatic ring is 1. The molecule has 0 spiro atoms. The number of halogens is 1. The summed E-state index contributed by atoms with van der Waals surface area (Å²) < 4.78 is 6.24. The van der Waals surface area contributed by atoms with Crippen LogP contribution in [0.4, 0.5) is 5.69 Å². The molecule has 12 heavy (non-hydrogen) atoms. The van der Waals surface area contributed by atoms with Gasteiger partial charge in [-0.3, -0.25) is 0 Å². The molecule has 1 aliphatic carbocycles. The van der Waals surface area contributed by atoms with Crippen molar-refractivity contribution in [2.45, 2.75) is 31.6 Å². The van der Waals surface area contributed by atoms with E-state index in [-0.39, 0.29) is 0 Å². The Kier molecular flexibility index (Phi) is 2.13. The van der Waals surface area contributed by atoms with Crippen LogP contribution in [0.25, 0.3) is 0 Å². The smallest absolute Gasteiger partial charge is 0.171 e. The summed E-state index contributed by atoms with van der Waals surface area (Å²) in [6.45, 7) is 0. The van der Waals surface area contributed by atoms with Crippen LogP contribution in [0.1, 0.15) is 37.4 Å². The highest BCUT2D eigenvalue weighted by atomic mass is 79.9. The molecule has 0 bridgehead atoms. The number of nitrogens with two attached hydrogens (primary N) is 1. The van der Waals surface area contributed by atoms with Gasteiger partial charge in [0.15, 0.2) is 4.67 Å². The first-order chi connectivity index (χ1) is 5.77. The lowest BCUT2D eigenvalue weighted by atomic mass is 10.0. The molecule has 1 saturated carbocycles. The van der Waals surface area contributed by atoms with Crippen LogP contribution in [0.3, 0.4) is 0 Å². The van der Waals surface area contributed by atoms with Crippen molar-refractivity contribution in [2.75, 3.05) is 5.73 Å². The van der Waals surface area contributed by atoms with Crippen molar-refractivity contribution in [3.05, 3.63) is 16.5 Å². The van der Waals surface area contributed by atoms with Crippen LogP contribution in [0.15, 0.2) is 15.2 Å². The molecule has 1 heterocycles. The average molecular weight is 230 g/mol. The van der Waals surface area contributed by atoms with E-state index < -0.39 is 0 Å².